The van der Waals surface area contributed by atoms with Gasteiger partial charge in [0, 0.05) is 38.1 Å². The van der Waals surface area contributed by atoms with Crippen LogP contribution in [0.15, 0.2) is 24.5 Å². The van der Waals surface area contributed by atoms with Crippen LogP contribution < -0.4 is 4.90 Å². The fourth-order valence-electron chi connectivity index (χ4n) is 3.81. The summed E-state index contributed by atoms with van der Waals surface area (Å²) in [5.74, 6) is 1.82. The molecule has 4 heterocycles. The second kappa shape index (κ2) is 7.71. The highest BCUT2D eigenvalue weighted by Crippen LogP contribution is 2.26. The molecule has 1 aliphatic rings. The van der Waals surface area contributed by atoms with Crippen molar-refractivity contribution in [3.05, 3.63) is 53.0 Å². The van der Waals surface area contributed by atoms with E-state index in [-0.39, 0.29) is 0 Å². The Morgan fingerprint density at radius 3 is 2.89 bits per heavy atom. The van der Waals surface area contributed by atoms with Crippen LogP contribution in [0.1, 0.15) is 54.3 Å². The normalized spacial score (nSPS) is 15.4. The number of hydrogen-bond donors (Lipinski definition) is 1. The summed E-state index contributed by atoms with van der Waals surface area (Å²) in [5.41, 5.74) is 3.68. The third-order valence-electron chi connectivity index (χ3n) is 5.23. The van der Waals surface area contributed by atoms with Crippen molar-refractivity contribution < 1.29 is 5.11 Å². The molecule has 0 aromatic carbocycles. The highest BCUT2D eigenvalue weighted by atomic mass is 16.3. The molecular formula is C20H27N7O. The summed E-state index contributed by atoms with van der Waals surface area (Å²) in [6, 6.07) is 3.83. The summed E-state index contributed by atoms with van der Waals surface area (Å²) in [7, 11) is 1.83. The van der Waals surface area contributed by atoms with E-state index in [1.54, 1.807) is 10.9 Å². The van der Waals surface area contributed by atoms with Crippen LogP contribution in [-0.4, -0.2) is 41.2 Å². The molecule has 0 fully saturated rings. The third kappa shape index (κ3) is 3.52. The van der Waals surface area contributed by atoms with Gasteiger partial charge in [-0.05, 0) is 31.9 Å². The van der Waals surface area contributed by atoms with E-state index in [0.717, 1.165) is 61.9 Å². The summed E-state index contributed by atoms with van der Waals surface area (Å²) in [6.07, 6.45) is 5.87. The van der Waals surface area contributed by atoms with E-state index < -0.39 is 6.10 Å². The van der Waals surface area contributed by atoms with E-state index >= 15 is 0 Å². The average Bonchev–Trinajstić information content (AvgIpc) is 3.23. The Bertz CT molecular complexity index is 961. The molecule has 8 heteroatoms. The minimum absolute atomic E-state index is 0.660. The second-order valence-corrected chi connectivity index (χ2v) is 7.36. The van der Waals surface area contributed by atoms with Crippen molar-refractivity contribution >= 4 is 5.82 Å². The molecule has 1 atom stereocenters. The van der Waals surface area contributed by atoms with Gasteiger partial charge in [0.2, 0.25) is 0 Å². The standard InChI is InChI=1S/C20H27N7O/c1-4-6-15-12-21-14(2)23-20(15)26-9-5-10-27-16(13-26)11-17(24-27)19(28)18-7-8-22-25(18)3/h7-8,11-12,19,28H,4-6,9-10,13H2,1-3H3/t19-/m1/s1. The number of aliphatic hydroxyl groups excluding tert-OH is 1. The lowest BCUT2D eigenvalue weighted by atomic mass is 10.1. The van der Waals surface area contributed by atoms with Gasteiger partial charge in [0.05, 0.1) is 23.6 Å². The molecule has 0 bridgehead atoms. The summed E-state index contributed by atoms with van der Waals surface area (Å²) < 4.78 is 3.70. The molecule has 3 aromatic heterocycles. The molecular weight excluding hydrogens is 354 g/mol. The van der Waals surface area contributed by atoms with Gasteiger partial charge >= 0.3 is 0 Å². The van der Waals surface area contributed by atoms with E-state index in [0.29, 0.717) is 5.69 Å². The lowest BCUT2D eigenvalue weighted by Crippen LogP contribution is -2.25. The molecule has 0 unspecified atom stereocenters. The van der Waals surface area contributed by atoms with Crippen LogP contribution in [0.2, 0.25) is 0 Å². The first-order valence-corrected chi connectivity index (χ1v) is 9.87. The Labute approximate surface area is 164 Å². The summed E-state index contributed by atoms with van der Waals surface area (Å²) in [4.78, 5) is 11.5. The van der Waals surface area contributed by atoms with Gasteiger partial charge in [-0.3, -0.25) is 9.36 Å². The van der Waals surface area contributed by atoms with Crippen molar-refractivity contribution in [1.82, 2.24) is 29.5 Å². The third-order valence-corrected chi connectivity index (χ3v) is 5.23. The van der Waals surface area contributed by atoms with E-state index in [1.807, 2.05) is 37.0 Å². The van der Waals surface area contributed by atoms with Gasteiger partial charge in [0.25, 0.3) is 0 Å². The zero-order valence-corrected chi connectivity index (χ0v) is 16.7. The van der Waals surface area contributed by atoms with Gasteiger partial charge in [-0.25, -0.2) is 9.97 Å². The highest BCUT2D eigenvalue weighted by Gasteiger charge is 2.24. The van der Waals surface area contributed by atoms with Gasteiger partial charge in [0.1, 0.15) is 17.7 Å². The average molecular weight is 381 g/mol. The molecule has 148 valence electrons. The number of anilines is 1. The Morgan fingerprint density at radius 1 is 1.29 bits per heavy atom. The van der Waals surface area contributed by atoms with Crippen LogP contribution in [0.25, 0.3) is 0 Å². The first-order valence-electron chi connectivity index (χ1n) is 9.87. The molecule has 0 radical (unpaired) electrons. The molecule has 0 saturated carbocycles. The Balaban J connectivity index is 1.63. The fraction of sp³-hybridized carbons (Fsp3) is 0.500. The fourth-order valence-corrected chi connectivity index (χ4v) is 3.81. The van der Waals surface area contributed by atoms with Crippen LogP contribution in [0.5, 0.6) is 0 Å². The number of hydrogen-bond acceptors (Lipinski definition) is 6. The molecule has 0 spiro atoms. The van der Waals surface area contributed by atoms with E-state index in [4.69, 9.17) is 4.98 Å². The van der Waals surface area contributed by atoms with Crippen molar-refractivity contribution in [1.29, 1.82) is 0 Å². The topological polar surface area (TPSA) is 84.9 Å². The predicted molar refractivity (Wildman–Crippen MR) is 106 cm³/mol. The summed E-state index contributed by atoms with van der Waals surface area (Å²) >= 11 is 0. The van der Waals surface area contributed by atoms with E-state index in [1.165, 1.54) is 5.56 Å². The smallest absolute Gasteiger partial charge is 0.139 e. The number of fused-ring (bicyclic) bond motifs is 1. The molecule has 3 aromatic rings. The van der Waals surface area contributed by atoms with Crippen molar-refractivity contribution in [2.75, 3.05) is 11.4 Å². The molecule has 28 heavy (non-hydrogen) atoms. The molecule has 8 nitrogen and oxygen atoms in total. The van der Waals surface area contributed by atoms with Crippen LogP contribution in [0.4, 0.5) is 5.82 Å². The number of aliphatic hydroxyl groups is 1. The summed E-state index contributed by atoms with van der Waals surface area (Å²) in [6.45, 7) is 6.59. The molecule has 0 aliphatic carbocycles. The predicted octanol–water partition coefficient (Wildman–Crippen LogP) is 2.16. The maximum absolute atomic E-state index is 10.7. The lowest BCUT2D eigenvalue weighted by Gasteiger charge is -2.24. The van der Waals surface area contributed by atoms with Gasteiger partial charge in [0.15, 0.2) is 0 Å². The second-order valence-electron chi connectivity index (χ2n) is 7.36. The van der Waals surface area contributed by atoms with Crippen molar-refractivity contribution in [3.8, 4) is 0 Å². The largest absolute Gasteiger partial charge is 0.380 e. The Hall–Kier alpha value is -2.74. The maximum atomic E-state index is 10.7. The number of rotatable bonds is 5. The molecule has 1 aliphatic heterocycles. The molecule has 1 N–H and O–H groups in total. The number of aromatic nitrogens is 6. The van der Waals surface area contributed by atoms with Crippen molar-refractivity contribution in [2.24, 2.45) is 7.05 Å². The zero-order valence-electron chi connectivity index (χ0n) is 16.7. The SMILES string of the molecule is CCCc1cnc(C)nc1N1CCCn2nc([C@@H](O)c3ccnn3C)cc2C1. The van der Waals surface area contributed by atoms with Gasteiger partial charge < -0.3 is 10.0 Å². The highest BCUT2D eigenvalue weighted by molar-refractivity contribution is 5.47. The monoisotopic (exact) mass is 381 g/mol. The number of nitrogens with zero attached hydrogens (tertiary/aromatic N) is 7. The van der Waals surface area contributed by atoms with Gasteiger partial charge in [-0.2, -0.15) is 10.2 Å². The minimum Gasteiger partial charge on any atom is -0.380 e. The molecule has 0 amide bonds. The quantitative estimate of drug-likeness (QED) is 0.729. The Kier molecular flexibility index (Phi) is 5.13. The van der Waals surface area contributed by atoms with Gasteiger partial charge in [-0.1, -0.05) is 13.3 Å². The summed E-state index contributed by atoms with van der Waals surface area (Å²) in [5, 5.41) is 19.6. The van der Waals surface area contributed by atoms with Crippen molar-refractivity contribution in [3.63, 3.8) is 0 Å². The lowest BCUT2D eigenvalue weighted by molar-refractivity contribution is 0.203. The maximum Gasteiger partial charge on any atom is 0.139 e. The van der Waals surface area contributed by atoms with Crippen molar-refractivity contribution in [2.45, 2.75) is 52.3 Å². The molecule has 4 rings (SSSR count). The molecule has 0 saturated heterocycles. The van der Waals surface area contributed by atoms with Crippen LogP contribution in [0, 0.1) is 6.92 Å². The number of aryl methyl sites for hydroxylation is 4. The minimum atomic E-state index is -0.780. The zero-order chi connectivity index (χ0) is 19.7. The van der Waals surface area contributed by atoms with Crippen LogP contribution in [0.3, 0.4) is 0 Å². The Morgan fingerprint density at radius 2 is 2.14 bits per heavy atom. The van der Waals surface area contributed by atoms with E-state index in [2.05, 4.69) is 27.0 Å². The van der Waals surface area contributed by atoms with Gasteiger partial charge in [-0.15, -0.1) is 0 Å². The van der Waals surface area contributed by atoms with Crippen LogP contribution >= 0.6 is 0 Å². The first-order chi connectivity index (χ1) is 13.6. The van der Waals surface area contributed by atoms with E-state index in [9.17, 15) is 5.11 Å². The van der Waals surface area contributed by atoms with Crippen LogP contribution in [-0.2, 0) is 26.6 Å². The first kappa shape index (κ1) is 18.6.